The number of thiazole rings is 1. The van der Waals surface area contributed by atoms with Crippen LogP contribution in [-0.2, 0) is 0 Å². The number of methoxy groups -OCH3 is 2. The van der Waals surface area contributed by atoms with Crippen LogP contribution in [0.2, 0.25) is 5.02 Å². The summed E-state index contributed by atoms with van der Waals surface area (Å²) in [4.78, 5) is 6.32. The van der Waals surface area contributed by atoms with Crippen LogP contribution in [0.1, 0.15) is 5.01 Å². The van der Waals surface area contributed by atoms with Crippen molar-refractivity contribution in [2.24, 2.45) is 0 Å². The van der Waals surface area contributed by atoms with Crippen LogP contribution in [0.5, 0.6) is 11.5 Å². The summed E-state index contributed by atoms with van der Waals surface area (Å²) in [5.41, 5.74) is 2.83. The molecule has 2 heterocycles. The molecule has 0 atom stereocenters. The maximum absolute atomic E-state index is 10.6. The van der Waals surface area contributed by atoms with E-state index in [-0.39, 0.29) is 18.1 Å². The van der Waals surface area contributed by atoms with E-state index in [1.54, 1.807) is 37.3 Å². The van der Waals surface area contributed by atoms with Gasteiger partial charge in [-0.2, -0.15) is 0 Å². The number of nitrogens with zero attached hydrogens (tertiary/aromatic N) is 2. The van der Waals surface area contributed by atoms with Crippen molar-refractivity contribution in [1.82, 2.24) is 4.98 Å². The molecule has 0 aliphatic carbocycles. The molecule has 0 fully saturated rings. The van der Waals surface area contributed by atoms with Crippen molar-refractivity contribution < 1.29 is 14.6 Å². The smallest absolute Gasteiger partial charge is 0.139 e. The average molecular weight is 428 g/mol. The first kappa shape index (κ1) is 19.3. The van der Waals surface area contributed by atoms with Crippen LogP contribution in [0.15, 0.2) is 53.6 Å². The first-order valence-corrected chi connectivity index (χ1v) is 9.99. The van der Waals surface area contributed by atoms with Gasteiger partial charge in [-0.15, -0.1) is 11.3 Å². The van der Waals surface area contributed by atoms with Crippen molar-refractivity contribution in [3.63, 3.8) is 0 Å². The van der Waals surface area contributed by atoms with Gasteiger partial charge in [0.2, 0.25) is 0 Å². The first-order valence-electron chi connectivity index (χ1n) is 8.73. The molecule has 0 radical (unpaired) electrons. The minimum absolute atomic E-state index is 0.105. The predicted molar refractivity (Wildman–Crippen MR) is 117 cm³/mol. The fourth-order valence-electron chi connectivity index (χ4n) is 3.11. The van der Waals surface area contributed by atoms with Gasteiger partial charge >= 0.3 is 0 Å². The van der Waals surface area contributed by atoms with E-state index in [9.17, 15) is 5.11 Å². The molecule has 0 saturated heterocycles. The van der Waals surface area contributed by atoms with E-state index in [0.29, 0.717) is 32.8 Å². The summed E-state index contributed by atoms with van der Waals surface area (Å²) in [6.07, 6.45) is 0. The number of hydrogen-bond donors (Lipinski definition) is 2. The number of aliphatic hydroxyl groups excluding tert-OH is 1. The lowest BCUT2D eigenvalue weighted by molar-refractivity contribution is 0.394. The Morgan fingerprint density at radius 2 is 1.76 bits per heavy atom. The summed E-state index contributed by atoms with van der Waals surface area (Å²) in [5, 5.41) is 22.4. The van der Waals surface area contributed by atoms with Crippen LogP contribution in [0.4, 0.5) is 5.69 Å². The van der Waals surface area contributed by atoms with Crippen molar-refractivity contribution >= 4 is 40.0 Å². The Balaban J connectivity index is 1.64. The van der Waals surface area contributed by atoms with Crippen LogP contribution in [0.3, 0.4) is 0 Å². The molecule has 4 rings (SSSR count). The maximum Gasteiger partial charge on any atom is 0.139 e. The Hall–Kier alpha value is -3.03. The van der Waals surface area contributed by atoms with Crippen molar-refractivity contribution in [3.8, 4) is 22.8 Å². The average Bonchev–Trinajstić information content (AvgIpc) is 3.32. The molecule has 2 N–H and O–H groups in total. The van der Waals surface area contributed by atoms with Crippen LogP contribution in [-0.4, -0.2) is 36.7 Å². The molecule has 6 nitrogen and oxygen atoms in total. The molecule has 0 bridgehead atoms. The summed E-state index contributed by atoms with van der Waals surface area (Å²) >= 11 is 7.34. The Bertz CT molecular complexity index is 1090. The highest BCUT2D eigenvalue weighted by atomic mass is 35.5. The Labute approximate surface area is 177 Å². The van der Waals surface area contributed by atoms with Crippen molar-refractivity contribution in [2.45, 2.75) is 0 Å². The molecular formula is C21H18ClN3O3S. The highest BCUT2D eigenvalue weighted by Crippen LogP contribution is 2.37. The third-order valence-corrected chi connectivity index (χ3v) is 5.72. The highest BCUT2D eigenvalue weighted by Gasteiger charge is 2.31. The van der Waals surface area contributed by atoms with Gasteiger partial charge in [-0.25, -0.2) is 4.98 Å². The third-order valence-electron chi connectivity index (χ3n) is 4.61. The molecule has 2 aromatic carbocycles. The van der Waals surface area contributed by atoms with E-state index in [2.05, 4.69) is 4.98 Å². The number of benzene rings is 2. The number of anilines is 1. The highest BCUT2D eigenvalue weighted by molar-refractivity contribution is 7.11. The zero-order chi connectivity index (χ0) is 20.5. The van der Waals surface area contributed by atoms with E-state index in [4.69, 9.17) is 26.5 Å². The molecule has 1 aliphatic rings. The number of hydrogen-bond acceptors (Lipinski definition) is 6. The van der Waals surface area contributed by atoms with E-state index in [1.807, 2.05) is 29.6 Å². The Morgan fingerprint density at radius 3 is 2.38 bits per heavy atom. The molecule has 148 valence electrons. The third kappa shape index (κ3) is 3.66. The second kappa shape index (κ2) is 7.77. The number of halogens is 1. The van der Waals surface area contributed by atoms with E-state index < -0.39 is 0 Å². The van der Waals surface area contributed by atoms with Crippen LogP contribution >= 0.6 is 22.9 Å². The lowest BCUT2D eigenvalue weighted by Crippen LogP contribution is -2.26. The number of nitrogens with one attached hydrogen (secondary N) is 1. The molecule has 1 aliphatic heterocycles. The summed E-state index contributed by atoms with van der Waals surface area (Å²) in [7, 11) is 3.14. The molecule has 8 heteroatoms. The molecule has 0 saturated carbocycles. The fourth-order valence-corrected chi connectivity index (χ4v) is 4.14. The topological polar surface area (TPSA) is 78.7 Å². The van der Waals surface area contributed by atoms with Gasteiger partial charge in [-0.1, -0.05) is 23.7 Å². The van der Waals surface area contributed by atoms with E-state index in [0.717, 1.165) is 11.3 Å². The summed E-state index contributed by atoms with van der Waals surface area (Å²) in [6, 6.07) is 12.8. The minimum atomic E-state index is 0.105. The Kier molecular flexibility index (Phi) is 5.17. The largest absolute Gasteiger partial charge is 0.510 e. The fraction of sp³-hybridized carbons (Fsp3) is 0.143. The summed E-state index contributed by atoms with van der Waals surface area (Å²) in [5.74, 6) is 1.50. The molecule has 3 aromatic rings. The maximum atomic E-state index is 10.6. The minimum Gasteiger partial charge on any atom is -0.510 e. The van der Waals surface area contributed by atoms with E-state index >= 15 is 0 Å². The normalized spacial score (nSPS) is 13.9. The number of rotatable bonds is 5. The first-order chi connectivity index (χ1) is 14.0. The van der Waals surface area contributed by atoms with Crippen molar-refractivity contribution in [3.05, 3.63) is 63.6 Å². The lowest BCUT2D eigenvalue weighted by atomic mass is 10.2. The van der Waals surface area contributed by atoms with E-state index in [1.165, 1.54) is 11.3 Å². The van der Waals surface area contributed by atoms with Gasteiger partial charge in [0.15, 0.2) is 0 Å². The standard InChI is InChI=1S/C21H18ClN3O3S/c1-27-15-7-14(8-16(9-15)28-2)25-10-18(26)19(20(25)23)21-24-17(11-29-21)12-3-5-13(22)6-4-12/h3-9,11,23,26H,10H2,1-2H3. The SMILES string of the molecule is COc1cc(OC)cc(N2CC(O)=C(c3nc(-c4ccc(Cl)cc4)cs3)C2=N)c1. The number of ether oxygens (including phenoxy) is 2. The molecule has 0 amide bonds. The van der Waals surface area contributed by atoms with Crippen LogP contribution in [0.25, 0.3) is 16.8 Å². The molecular weight excluding hydrogens is 410 g/mol. The zero-order valence-electron chi connectivity index (χ0n) is 15.8. The van der Waals surface area contributed by atoms with Crippen molar-refractivity contribution in [2.75, 3.05) is 25.7 Å². The van der Waals surface area contributed by atoms with Crippen molar-refractivity contribution in [1.29, 1.82) is 5.41 Å². The van der Waals surface area contributed by atoms with Gasteiger partial charge < -0.3 is 19.5 Å². The molecule has 0 spiro atoms. The Morgan fingerprint density at radius 1 is 1.10 bits per heavy atom. The van der Waals surface area contributed by atoms with Gasteiger partial charge in [0.05, 0.1) is 37.7 Å². The quantitative estimate of drug-likeness (QED) is 0.581. The summed E-state index contributed by atoms with van der Waals surface area (Å²) in [6.45, 7) is 0.181. The molecule has 0 unspecified atom stereocenters. The van der Waals surface area contributed by atoms with Gasteiger partial charge in [-0.3, -0.25) is 5.41 Å². The number of amidine groups is 1. The van der Waals surface area contributed by atoms with Gasteiger partial charge in [0, 0.05) is 34.2 Å². The number of aromatic nitrogens is 1. The molecule has 29 heavy (non-hydrogen) atoms. The second-order valence-electron chi connectivity index (χ2n) is 6.37. The van der Waals surface area contributed by atoms with Gasteiger partial charge in [0.25, 0.3) is 0 Å². The monoisotopic (exact) mass is 427 g/mol. The predicted octanol–water partition coefficient (Wildman–Crippen LogP) is 5.25. The zero-order valence-corrected chi connectivity index (χ0v) is 17.3. The lowest BCUT2D eigenvalue weighted by Gasteiger charge is -2.20. The number of aliphatic hydroxyl groups is 1. The van der Waals surface area contributed by atoms with Gasteiger partial charge in [0.1, 0.15) is 28.1 Å². The van der Waals surface area contributed by atoms with Crippen LogP contribution in [0, 0.1) is 5.41 Å². The molecule has 1 aromatic heterocycles. The second-order valence-corrected chi connectivity index (χ2v) is 7.67. The van der Waals surface area contributed by atoms with Crippen LogP contribution < -0.4 is 14.4 Å². The summed E-state index contributed by atoms with van der Waals surface area (Å²) < 4.78 is 10.6. The van der Waals surface area contributed by atoms with Gasteiger partial charge in [-0.05, 0) is 12.1 Å².